The van der Waals surface area contributed by atoms with Crippen molar-refractivity contribution < 1.29 is 14.4 Å². The Morgan fingerprint density at radius 1 is 1.33 bits per heavy atom. The molecule has 0 atom stereocenters. The molecule has 7 heteroatoms. The molecule has 0 aliphatic carbocycles. The van der Waals surface area contributed by atoms with Gasteiger partial charge >= 0.3 is 12.1 Å². The lowest BCUT2D eigenvalue weighted by molar-refractivity contribution is -0.127. The first-order valence-corrected chi connectivity index (χ1v) is 4.74. The molecule has 2 saturated heterocycles. The summed E-state index contributed by atoms with van der Waals surface area (Å²) in [7, 11) is 0. The van der Waals surface area contributed by atoms with Crippen LogP contribution in [0.4, 0.5) is 9.59 Å². The highest BCUT2D eigenvalue weighted by atomic mass is 16.2. The quantitative estimate of drug-likeness (QED) is 0.436. The second kappa shape index (κ2) is 3.20. The molecule has 2 aliphatic heterocycles. The predicted molar refractivity (Wildman–Crippen MR) is 49.8 cm³/mol. The van der Waals surface area contributed by atoms with Gasteiger partial charge in [-0.1, -0.05) is 0 Å². The van der Waals surface area contributed by atoms with E-state index in [1.54, 1.807) is 0 Å². The number of carbonyl (C=O) groups excluding carboxylic acids is 3. The third kappa shape index (κ3) is 1.27. The number of nitrogens with zero attached hydrogens (tertiary/aromatic N) is 1. The van der Waals surface area contributed by atoms with Crippen LogP contribution in [0, 0.1) is 0 Å². The molecule has 0 aromatic rings. The highest BCUT2D eigenvalue weighted by molar-refractivity contribution is 6.13. The number of nitrogens with two attached hydrogens (primary N) is 1. The zero-order valence-electron chi connectivity index (χ0n) is 8.08. The zero-order chi connectivity index (χ0) is 11.1. The van der Waals surface area contributed by atoms with Crippen LogP contribution in [0.15, 0.2) is 0 Å². The first-order valence-electron chi connectivity index (χ1n) is 4.74. The fourth-order valence-corrected chi connectivity index (χ4v) is 2.17. The second-order valence-electron chi connectivity index (χ2n) is 3.71. The maximum absolute atomic E-state index is 11.7. The number of hydrogen-bond acceptors (Lipinski definition) is 4. The van der Waals surface area contributed by atoms with Crippen LogP contribution in [0.3, 0.4) is 0 Å². The van der Waals surface area contributed by atoms with Gasteiger partial charge in [0.1, 0.15) is 5.54 Å². The van der Waals surface area contributed by atoms with E-state index in [-0.39, 0.29) is 0 Å². The van der Waals surface area contributed by atoms with Gasteiger partial charge in [0.2, 0.25) is 0 Å². The topological polar surface area (TPSA) is 105 Å². The fourth-order valence-electron chi connectivity index (χ4n) is 2.17. The van der Waals surface area contributed by atoms with Crippen molar-refractivity contribution in [1.29, 1.82) is 0 Å². The minimum Gasteiger partial charge on any atom is -0.351 e. The van der Waals surface area contributed by atoms with E-state index in [9.17, 15) is 14.4 Å². The van der Waals surface area contributed by atoms with Crippen LogP contribution in [0.1, 0.15) is 12.8 Å². The zero-order valence-corrected chi connectivity index (χ0v) is 8.08. The summed E-state index contributed by atoms with van der Waals surface area (Å²) in [6.45, 7) is 1.18. The molecule has 2 rings (SSSR count). The van der Waals surface area contributed by atoms with Crippen LogP contribution in [0.5, 0.6) is 0 Å². The van der Waals surface area contributed by atoms with Crippen molar-refractivity contribution in [2.75, 3.05) is 13.1 Å². The smallest absolute Gasteiger partial charge is 0.333 e. The van der Waals surface area contributed by atoms with Gasteiger partial charge in [0.25, 0.3) is 5.91 Å². The second-order valence-corrected chi connectivity index (χ2v) is 3.71. The Morgan fingerprint density at radius 3 is 2.47 bits per heavy atom. The molecule has 15 heavy (non-hydrogen) atoms. The van der Waals surface area contributed by atoms with E-state index in [1.807, 2.05) is 0 Å². The Bertz CT molecular complexity index is 335. The molecular formula is C8H12N4O3. The highest BCUT2D eigenvalue weighted by Crippen LogP contribution is 2.30. The molecule has 7 nitrogen and oxygen atoms in total. The Balaban J connectivity index is 2.37. The van der Waals surface area contributed by atoms with E-state index in [0.29, 0.717) is 25.9 Å². The first kappa shape index (κ1) is 9.91. The van der Waals surface area contributed by atoms with Crippen molar-refractivity contribution >= 4 is 18.0 Å². The summed E-state index contributed by atoms with van der Waals surface area (Å²) in [6, 6.07) is -1.59. The number of carbonyl (C=O) groups is 3. The minimum atomic E-state index is -1.06. The van der Waals surface area contributed by atoms with Gasteiger partial charge in [0, 0.05) is 0 Å². The molecule has 0 radical (unpaired) electrons. The van der Waals surface area contributed by atoms with Gasteiger partial charge in [-0.25, -0.2) is 14.5 Å². The summed E-state index contributed by atoms with van der Waals surface area (Å²) in [5.74, 6) is -0.423. The molecule has 0 saturated carbocycles. The van der Waals surface area contributed by atoms with Gasteiger partial charge in [-0.05, 0) is 25.9 Å². The van der Waals surface area contributed by atoms with Gasteiger partial charge < -0.3 is 11.1 Å². The number of primary amides is 1. The van der Waals surface area contributed by atoms with Crippen LogP contribution < -0.4 is 16.4 Å². The molecule has 5 amide bonds. The Morgan fingerprint density at radius 2 is 1.93 bits per heavy atom. The van der Waals surface area contributed by atoms with E-state index in [4.69, 9.17) is 5.73 Å². The van der Waals surface area contributed by atoms with Crippen molar-refractivity contribution in [3.8, 4) is 0 Å². The van der Waals surface area contributed by atoms with Crippen molar-refractivity contribution in [2.45, 2.75) is 18.4 Å². The molecule has 0 unspecified atom stereocenters. The van der Waals surface area contributed by atoms with Crippen LogP contribution in [-0.2, 0) is 4.79 Å². The average molecular weight is 212 g/mol. The van der Waals surface area contributed by atoms with Crippen LogP contribution >= 0.6 is 0 Å². The highest BCUT2D eigenvalue weighted by Gasteiger charge is 2.55. The van der Waals surface area contributed by atoms with Crippen molar-refractivity contribution in [1.82, 2.24) is 15.5 Å². The van der Waals surface area contributed by atoms with Gasteiger partial charge in [-0.2, -0.15) is 0 Å². The van der Waals surface area contributed by atoms with Gasteiger partial charge in [-0.15, -0.1) is 0 Å². The monoisotopic (exact) mass is 212 g/mol. The molecule has 0 aromatic heterocycles. The molecule has 0 aromatic carbocycles. The van der Waals surface area contributed by atoms with Crippen molar-refractivity contribution in [2.24, 2.45) is 5.73 Å². The Hall–Kier alpha value is -1.63. The van der Waals surface area contributed by atoms with Crippen molar-refractivity contribution in [3.05, 3.63) is 0 Å². The van der Waals surface area contributed by atoms with Gasteiger partial charge in [0.15, 0.2) is 0 Å². The molecule has 0 bridgehead atoms. The molecular weight excluding hydrogens is 200 g/mol. The Labute approximate surface area is 86.0 Å². The number of rotatable bonds is 0. The average Bonchev–Trinajstić information content (AvgIpc) is 2.39. The SMILES string of the molecule is NC(=O)N1C(=O)NC(=O)C12CCNCC2. The first-order chi connectivity index (χ1) is 7.08. The molecule has 4 N–H and O–H groups in total. The van der Waals surface area contributed by atoms with Crippen LogP contribution in [0.2, 0.25) is 0 Å². The third-order valence-electron chi connectivity index (χ3n) is 2.93. The summed E-state index contributed by atoms with van der Waals surface area (Å²) in [5.41, 5.74) is 4.05. The van der Waals surface area contributed by atoms with E-state index in [0.717, 1.165) is 4.90 Å². The van der Waals surface area contributed by atoms with Crippen LogP contribution in [0.25, 0.3) is 0 Å². The number of nitrogens with one attached hydrogen (secondary N) is 2. The molecule has 1 spiro atoms. The number of piperidine rings is 1. The standard InChI is InChI=1S/C8H12N4O3/c9-6(14)12-7(15)11-5(13)8(12)1-3-10-4-2-8/h10H,1-4H2,(H2,9,14)(H,11,13,15). The third-order valence-corrected chi connectivity index (χ3v) is 2.93. The summed E-state index contributed by atoms with van der Waals surface area (Å²) in [4.78, 5) is 35.0. The number of imide groups is 2. The predicted octanol–water partition coefficient (Wildman–Crippen LogP) is -1.26. The lowest BCUT2D eigenvalue weighted by Crippen LogP contribution is -2.58. The van der Waals surface area contributed by atoms with E-state index >= 15 is 0 Å². The van der Waals surface area contributed by atoms with Gasteiger partial charge in [0.05, 0.1) is 0 Å². The summed E-state index contributed by atoms with van der Waals surface area (Å²) >= 11 is 0. The maximum atomic E-state index is 11.7. The van der Waals surface area contributed by atoms with Gasteiger partial charge in [-0.3, -0.25) is 10.1 Å². The molecule has 2 fully saturated rings. The maximum Gasteiger partial charge on any atom is 0.333 e. The number of hydrogen-bond donors (Lipinski definition) is 3. The summed E-state index contributed by atoms with van der Waals surface area (Å²) in [6.07, 6.45) is 0.820. The minimum absolute atomic E-state index is 0.410. The van der Waals surface area contributed by atoms with Crippen molar-refractivity contribution in [3.63, 3.8) is 0 Å². The molecule has 82 valence electrons. The lowest BCUT2D eigenvalue weighted by Gasteiger charge is -2.36. The largest absolute Gasteiger partial charge is 0.351 e. The van der Waals surface area contributed by atoms with E-state index in [1.165, 1.54) is 0 Å². The lowest BCUT2D eigenvalue weighted by atomic mass is 9.87. The van der Waals surface area contributed by atoms with Crippen LogP contribution in [-0.4, -0.2) is 41.5 Å². The molecule has 2 heterocycles. The Kier molecular flexibility index (Phi) is 2.11. The number of amides is 5. The fraction of sp³-hybridized carbons (Fsp3) is 0.625. The normalized spacial score (nSPS) is 24.4. The molecule has 2 aliphatic rings. The number of urea groups is 2. The summed E-state index contributed by atoms with van der Waals surface area (Å²) < 4.78 is 0. The van der Waals surface area contributed by atoms with E-state index < -0.39 is 23.5 Å². The summed E-state index contributed by atoms with van der Waals surface area (Å²) in [5, 5.41) is 5.19. The van der Waals surface area contributed by atoms with E-state index in [2.05, 4.69) is 10.6 Å².